The molecule has 0 fully saturated rings. The van der Waals surface area contributed by atoms with Crippen molar-refractivity contribution in [2.24, 2.45) is 5.73 Å². The molecular formula is C11H11F5N2O2. The molecule has 0 aliphatic heterocycles. The molecule has 0 bridgehead atoms. The first kappa shape index (κ1) is 16.3. The van der Waals surface area contributed by atoms with E-state index in [1.54, 1.807) is 0 Å². The number of esters is 1. The van der Waals surface area contributed by atoms with Gasteiger partial charge >= 0.3 is 12.1 Å². The summed E-state index contributed by atoms with van der Waals surface area (Å²) in [6.07, 6.45) is -8.95. The maximum atomic E-state index is 12.8. The van der Waals surface area contributed by atoms with Crippen molar-refractivity contribution in [1.82, 2.24) is 4.98 Å². The molecule has 0 saturated heterocycles. The second-order valence-corrected chi connectivity index (χ2v) is 3.79. The maximum absolute atomic E-state index is 12.8. The summed E-state index contributed by atoms with van der Waals surface area (Å²) < 4.78 is 68.2. The summed E-state index contributed by atoms with van der Waals surface area (Å²) in [5, 5.41) is 0. The van der Waals surface area contributed by atoms with E-state index in [-0.39, 0.29) is 5.69 Å². The largest absolute Gasteiger partial charge is 0.469 e. The van der Waals surface area contributed by atoms with Gasteiger partial charge in [0, 0.05) is 6.54 Å². The lowest BCUT2D eigenvalue weighted by Gasteiger charge is -2.17. The van der Waals surface area contributed by atoms with Crippen LogP contribution in [-0.4, -0.2) is 18.1 Å². The first-order chi connectivity index (χ1) is 9.20. The van der Waals surface area contributed by atoms with Crippen LogP contribution in [0.1, 0.15) is 28.9 Å². The summed E-state index contributed by atoms with van der Waals surface area (Å²) >= 11 is 0. The van der Waals surface area contributed by atoms with Crippen LogP contribution in [-0.2, 0) is 28.7 Å². The SMILES string of the molecule is COC(=O)Cc1cc(CN)c(C(F)(F)F)c(C(F)F)n1. The highest BCUT2D eigenvalue weighted by atomic mass is 19.4. The normalized spacial score (nSPS) is 11.8. The van der Waals surface area contributed by atoms with E-state index in [1.165, 1.54) is 0 Å². The quantitative estimate of drug-likeness (QED) is 0.683. The molecule has 0 aliphatic carbocycles. The Hall–Kier alpha value is -1.77. The minimum Gasteiger partial charge on any atom is -0.469 e. The highest BCUT2D eigenvalue weighted by Crippen LogP contribution is 2.38. The summed E-state index contributed by atoms with van der Waals surface area (Å²) in [6, 6.07) is 0.881. The molecule has 1 aromatic rings. The Balaban J connectivity index is 3.43. The number of nitrogens with two attached hydrogens (primary N) is 1. The van der Waals surface area contributed by atoms with Gasteiger partial charge in [0.2, 0.25) is 0 Å². The van der Waals surface area contributed by atoms with E-state index in [4.69, 9.17) is 5.73 Å². The number of nitrogens with zero attached hydrogens (tertiary/aromatic N) is 1. The molecule has 0 saturated carbocycles. The van der Waals surface area contributed by atoms with Crippen molar-refractivity contribution < 1.29 is 31.5 Å². The number of methoxy groups -OCH3 is 1. The lowest BCUT2D eigenvalue weighted by Crippen LogP contribution is -2.19. The number of rotatable bonds is 4. The molecule has 0 aromatic carbocycles. The summed E-state index contributed by atoms with van der Waals surface area (Å²) in [5.74, 6) is -0.805. The lowest BCUT2D eigenvalue weighted by atomic mass is 10.0. The molecule has 112 valence electrons. The summed E-state index contributed by atoms with van der Waals surface area (Å²) in [5.41, 5.74) is 1.39. The molecule has 20 heavy (non-hydrogen) atoms. The molecule has 1 heterocycles. The minimum atomic E-state index is -5.00. The molecular weight excluding hydrogens is 287 g/mol. The topological polar surface area (TPSA) is 65.2 Å². The predicted molar refractivity (Wildman–Crippen MR) is 57.8 cm³/mol. The van der Waals surface area contributed by atoms with E-state index in [2.05, 4.69) is 9.72 Å². The number of hydrogen-bond acceptors (Lipinski definition) is 4. The molecule has 0 radical (unpaired) electrons. The van der Waals surface area contributed by atoms with Gasteiger partial charge in [0.15, 0.2) is 0 Å². The van der Waals surface area contributed by atoms with Gasteiger partial charge in [0.05, 0.1) is 24.8 Å². The van der Waals surface area contributed by atoms with Gasteiger partial charge in [0.25, 0.3) is 6.43 Å². The molecule has 0 unspecified atom stereocenters. The van der Waals surface area contributed by atoms with Crippen LogP contribution < -0.4 is 5.73 Å². The van der Waals surface area contributed by atoms with Crippen LogP contribution >= 0.6 is 0 Å². The molecule has 1 aromatic heterocycles. The lowest BCUT2D eigenvalue weighted by molar-refractivity contribution is -0.140. The van der Waals surface area contributed by atoms with Crippen LogP contribution in [0.2, 0.25) is 0 Å². The molecule has 2 N–H and O–H groups in total. The van der Waals surface area contributed by atoms with Gasteiger partial charge in [0.1, 0.15) is 5.69 Å². The Labute approximate surface area is 110 Å². The molecule has 9 heteroatoms. The van der Waals surface area contributed by atoms with Crippen LogP contribution in [0.25, 0.3) is 0 Å². The van der Waals surface area contributed by atoms with Crippen LogP contribution in [0.5, 0.6) is 0 Å². The zero-order valence-corrected chi connectivity index (χ0v) is 10.3. The van der Waals surface area contributed by atoms with Crippen molar-refractivity contribution in [1.29, 1.82) is 0 Å². The zero-order valence-electron chi connectivity index (χ0n) is 10.3. The molecule has 0 spiro atoms. The van der Waals surface area contributed by atoms with Gasteiger partial charge in [-0.1, -0.05) is 0 Å². The Morgan fingerprint density at radius 2 is 2.05 bits per heavy atom. The van der Waals surface area contributed by atoms with Crippen LogP contribution in [0, 0.1) is 0 Å². The van der Waals surface area contributed by atoms with Crippen LogP contribution in [0.3, 0.4) is 0 Å². The fraction of sp³-hybridized carbons (Fsp3) is 0.455. The third-order valence-electron chi connectivity index (χ3n) is 2.45. The number of halogens is 5. The van der Waals surface area contributed by atoms with E-state index >= 15 is 0 Å². The zero-order chi connectivity index (χ0) is 15.5. The van der Waals surface area contributed by atoms with Crippen LogP contribution in [0.15, 0.2) is 6.07 Å². The monoisotopic (exact) mass is 298 g/mol. The Bertz CT molecular complexity index is 502. The third kappa shape index (κ3) is 3.62. The van der Waals surface area contributed by atoms with E-state index in [0.29, 0.717) is 0 Å². The maximum Gasteiger partial charge on any atom is 0.418 e. The standard InChI is InChI=1S/C11H11F5N2O2/c1-20-7(19)3-6-2-5(4-17)8(11(14,15)16)9(18-6)10(12)13/h2,10H,3-4,17H2,1H3. The number of alkyl halides is 5. The van der Waals surface area contributed by atoms with Crippen molar-refractivity contribution >= 4 is 5.97 Å². The summed E-state index contributed by atoms with van der Waals surface area (Å²) in [6.45, 7) is -0.606. The van der Waals surface area contributed by atoms with E-state index in [0.717, 1.165) is 13.2 Å². The van der Waals surface area contributed by atoms with Crippen molar-refractivity contribution in [3.8, 4) is 0 Å². The second kappa shape index (κ2) is 6.12. The number of aromatic nitrogens is 1. The van der Waals surface area contributed by atoms with Gasteiger partial charge in [-0.25, -0.2) is 8.78 Å². The van der Waals surface area contributed by atoms with E-state index in [9.17, 15) is 26.7 Å². The highest BCUT2D eigenvalue weighted by Gasteiger charge is 2.39. The van der Waals surface area contributed by atoms with Gasteiger partial charge in [-0.2, -0.15) is 13.2 Å². The highest BCUT2D eigenvalue weighted by molar-refractivity contribution is 5.71. The van der Waals surface area contributed by atoms with E-state index < -0.39 is 48.4 Å². The van der Waals surface area contributed by atoms with Crippen molar-refractivity contribution in [3.05, 3.63) is 28.6 Å². The average Bonchev–Trinajstić information content (AvgIpc) is 2.35. The number of ether oxygens (including phenoxy) is 1. The summed E-state index contributed by atoms with van der Waals surface area (Å²) in [7, 11) is 1.06. The van der Waals surface area contributed by atoms with E-state index in [1.807, 2.05) is 0 Å². The van der Waals surface area contributed by atoms with Crippen LogP contribution in [0.4, 0.5) is 22.0 Å². The Morgan fingerprint density at radius 3 is 2.45 bits per heavy atom. The molecule has 1 rings (SSSR count). The third-order valence-corrected chi connectivity index (χ3v) is 2.45. The van der Waals surface area contributed by atoms with Crippen molar-refractivity contribution in [2.45, 2.75) is 25.6 Å². The second-order valence-electron chi connectivity index (χ2n) is 3.79. The predicted octanol–water partition coefficient (Wildman–Crippen LogP) is 2.21. The number of pyridine rings is 1. The minimum absolute atomic E-state index is 0.249. The number of carbonyl (C=O) groups is 1. The first-order valence-electron chi connectivity index (χ1n) is 5.35. The van der Waals surface area contributed by atoms with Gasteiger partial charge < -0.3 is 10.5 Å². The van der Waals surface area contributed by atoms with Gasteiger partial charge in [-0.15, -0.1) is 0 Å². The molecule has 4 nitrogen and oxygen atoms in total. The number of hydrogen-bond donors (Lipinski definition) is 1. The fourth-order valence-electron chi connectivity index (χ4n) is 1.64. The van der Waals surface area contributed by atoms with Gasteiger partial charge in [-0.3, -0.25) is 9.78 Å². The van der Waals surface area contributed by atoms with Gasteiger partial charge in [-0.05, 0) is 11.6 Å². The average molecular weight is 298 g/mol. The number of carbonyl (C=O) groups excluding carboxylic acids is 1. The Morgan fingerprint density at radius 1 is 1.45 bits per heavy atom. The smallest absolute Gasteiger partial charge is 0.418 e. The Kier molecular flexibility index (Phi) is 4.98. The molecule has 0 amide bonds. The van der Waals surface area contributed by atoms with Crippen molar-refractivity contribution in [2.75, 3.05) is 7.11 Å². The first-order valence-corrected chi connectivity index (χ1v) is 5.35. The fourth-order valence-corrected chi connectivity index (χ4v) is 1.64. The molecule has 0 atom stereocenters. The van der Waals surface area contributed by atoms with Crippen molar-refractivity contribution in [3.63, 3.8) is 0 Å². The molecule has 0 aliphatic rings. The summed E-state index contributed by atoms with van der Waals surface area (Å²) in [4.78, 5) is 14.2.